The Labute approximate surface area is 92.8 Å². The number of aliphatic hydroxyl groups excluding tert-OH is 1. The Morgan fingerprint density at radius 3 is 3.00 bits per heavy atom. The summed E-state index contributed by atoms with van der Waals surface area (Å²) in [4.78, 5) is 0. The molecule has 1 unspecified atom stereocenters. The van der Waals surface area contributed by atoms with Crippen LogP contribution in [0.15, 0.2) is 42.0 Å². The zero-order chi connectivity index (χ0) is 11.1. The first-order valence-electron chi connectivity index (χ1n) is 5.17. The van der Waals surface area contributed by atoms with E-state index in [9.17, 15) is 5.11 Å². The van der Waals surface area contributed by atoms with Crippen LogP contribution in [0.5, 0.6) is 0 Å². The van der Waals surface area contributed by atoms with Gasteiger partial charge in [0.05, 0.1) is 17.3 Å². The minimum absolute atomic E-state index is 0.440. The van der Waals surface area contributed by atoms with Crippen LogP contribution in [0.2, 0.25) is 0 Å². The SMILES string of the molecule is N#CC1=CCn2c(cc3ccccc32)C1O. The highest BCUT2D eigenvalue weighted by Crippen LogP contribution is 2.31. The van der Waals surface area contributed by atoms with Gasteiger partial charge in [0.1, 0.15) is 6.10 Å². The van der Waals surface area contributed by atoms with Crippen LogP contribution in [0.25, 0.3) is 10.9 Å². The minimum Gasteiger partial charge on any atom is -0.381 e. The summed E-state index contributed by atoms with van der Waals surface area (Å²) >= 11 is 0. The van der Waals surface area contributed by atoms with Crippen LogP contribution >= 0.6 is 0 Å². The van der Waals surface area contributed by atoms with Crippen LogP contribution in [0.4, 0.5) is 0 Å². The molecule has 0 saturated heterocycles. The van der Waals surface area contributed by atoms with E-state index in [1.165, 1.54) is 0 Å². The van der Waals surface area contributed by atoms with E-state index >= 15 is 0 Å². The van der Waals surface area contributed by atoms with Crippen LogP contribution in [0.3, 0.4) is 0 Å². The summed E-state index contributed by atoms with van der Waals surface area (Å²) in [6.07, 6.45) is 0.996. The Morgan fingerprint density at radius 1 is 1.38 bits per heavy atom. The second kappa shape index (κ2) is 3.22. The summed E-state index contributed by atoms with van der Waals surface area (Å²) in [5.41, 5.74) is 2.35. The fourth-order valence-corrected chi connectivity index (χ4v) is 2.23. The van der Waals surface area contributed by atoms with Crippen molar-refractivity contribution in [1.82, 2.24) is 4.57 Å². The molecule has 0 fully saturated rings. The normalized spacial score (nSPS) is 19.0. The van der Waals surface area contributed by atoms with Gasteiger partial charge in [-0.05, 0) is 23.6 Å². The maximum atomic E-state index is 10.0. The lowest BCUT2D eigenvalue weighted by atomic mass is 10.1. The summed E-state index contributed by atoms with van der Waals surface area (Å²) in [6, 6.07) is 12.0. The fourth-order valence-electron chi connectivity index (χ4n) is 2.23. The van der Waals surface area contributed by atoms with Crippen LogP contribution < -0.4 is 0 Å². The molecule has 1 atom stereocenters. The third kappa shape index (κ3) is 1.11. The van der Waals surface area contributed by atoms with Gasteiger partial charge in [-0.15, -0.1) is 0 Å². The second-order valence-corrected chi connectivity index (χ2v) is 3.91. The molecule has 0 bridgehead atoms. The van der Waals surface area contributed by atoms with Gasteiger partial charge in [-0.25, -0.2) is 0 Å². The lowest BCUT2D eigenvalue weighted by Gasteiger charge is -2.18. The Bertz CT molecular complexity index is 631. The number of aliphatic hydroxyl groups is 1. The number of nitrogens with zero attached hydrogens (tertiary/aromatic N) is 2. The molecular weight excluding hydrogens is 200 g/mol. The Morgan fingerprint density at radius 2 is 2.19 bits per heavy atom. The van der Waals surface area contributed by atoms with Crippen molar-refractivity contribution in [3.8, 4) is 6.07 Å². The van der Waals surface area contributed by atoms with E-state index in [0.29, 0.717) is 12.1 Å². The molecule has 78 valence electrons. The number of nitriles is 1. The van der Waals surface area contributed by atoms with Crippen molar-refractivity contribution in [3.63, 3.8) is 0 Å². The molecule has 2 aromatic rings. The molecule has 0 spiro atoms. The molecule has 0 amide bonds. The summed E-state index contributed by atoms with van der Waals surface area (Å²) in [5, 5.41) is 20.0. The Kier molecular flexibility index (Phi) is 1.85. The number of fused-ring (bicyclic) bond motifs is 3. The predicted molar refractivity (Wildman–Crippen MR) is 60.6 cm³/mol. The Balaban J connectivity index is 2.26. The van der Waals surface area contributed by atoms with Gasteiger partial charge in [0, 0.05) is 12.1 Å². The molecule has 3 rings (SSSR count). The van der Waals surface area contributed by atoms with Crippen molar-refractivity contribution in [1.29, 1.82) is 5.26 Å². The minimum atomic E-state index is -0.786. The van der Waals surface area contributed by atoms with E-state index in [-0.39, 0.29) is 0 Å². The number of hydrogen-bond acceptors (Lipinski definition) is 2. The average molecular weight is 210 g/mol. The first-order valence-corrected chi connectivity index (χ1v) is 5.17. The van der Waals surface area contributed by atoms with Gasteiger partial charge in [-0.1, -0.05) is 18.2 Å². The molecule has 0 saturated carbocycles. The van der Waals surface area contributed by atoms with Crippen LogP contribution in [-0.4, -0.2) is 9.67 Å². The first-order chi connectivity index (χ1) is 7.81. The molecular formula is C13H10N2O. The third-order valence-corrected chi connectivity index (χ3v) is 3.04. The smallest absolute Gasteiger partial charge is 0.129 e. The standard InChI is InChI=1S/C13H10N2O/c14-8-10-5-6-15-11-4-2-1-3-9(11)7-12(15)13(10)16/h1-5,7,13,16H,6H2. The van der Waals surface area contributed by atoms with Crippen molar-refractivity contribution in [2.75, 3.05) is 0 Å². The van der Waals surface area contributed by atoms with Crippen molar-refractivity contribution in [2.45, 2.75) is 12.6 Å². The van der Waals surface area contributed by atoms with Crippen LogP contribution in [0.1, 0.15) is 11.8 Å². The van der Waals surface area contributed by atoms with Crippen molar-refractivity contribution in [2.24, 2.45) is 0 Å². The third-order valence-electron chi connectivity index (χ3n) is 3.04. The lowest BCUT2D eigenvalue weighted by molar-refractivity contribution is 0.206. The fraction of sp³-hybridized carbons (Fsp3) is 0.154. The van der Waals surface area contributed by atoms with E-state index in [1.54, 1.807) is 6.08 Å². The van der Waals surface area contributed by atoms with Gasteiger partial charge < -0.3 is 9.67 Å². The average Bonchev–Trinajstić information content (AvgIpc) is 2.69. The maximum absolute atomic E-state index is 10.0. The maximum Gasteiger partial charge on any atom is 0.129 e. The number of benzene rings is 1. The number of para-hydroxylation sites is 1. The monoisotopic (exact) mass is 210 g/mol. The quantitative estimate of drug-likeness (QED) is 0.724. The highest BCUT2D eigenvalue weighted by Gasteiger charge is 2.22. The number of hydrogen-bond donors (Lipinski definition) is 1. The molecule has 3 nitrogen and oxygen atoms in total. The summed E-state index contributed by atoms with van der Waals surface area (Å²) < 4.78 is 2.04. The van der Waals surface area contributed by atoms with Crippen molar-refractivity contribution in [3.05, 3.63) is 47.7 Å². The largest absolute Gasteiger partial charge is 0.381 e. The predicted octanol–water partition coefficient (Wildman–Crippen LogP) is 2.14. The van der Waals surface area contributed by atoms with Gasteiger partial charge in [0.2, 0.25) is 0 Å². The van der Waals surface area contributed by atoms with E-state index in [2.05, 4.69) is 0 Å². The highest BCUT2D eigenvalue weighted by atomic mass is 16.3. The molecule has 16 heavy (non-hydrogen) atoms. The molecule has 3 heteroatoms. The lowest BCUT2D eigenvalue weighted by Crippen LogP contribution is -2.13. The van der Waals surface area contributed by atoms with E-state index in [4.69, 9.17) is 5.26 Å². The molecule has 1 aromatic heterocycles. The van der Waals surface area contributed by atoms with Gasteiger partial charge in [-0.2, -0.15) is 5.26 Å². The van der Waals surface area contributed by atoms with Gasteiger partial charge in [0.25, 0.3) is 0 Å². The van der Waals surface area contributed by atoms with E-state index in [0.717, 1.165) is 16.6 Å². The molecule has 1 aromatic carbocycles. The van der Waals surface area contributed by atoms with Gasteiger partial charge >= 0.3 is 0 Å². The van der Waals surface area contributed by atoms with E-state index in [1.807, 2.05) is 41.0 Å². The number of aromatic nitrogens is 1. The van der Waals surface area contributed by atoms with Crippen LogP contribution in [-0.2, 0) is 6.54 Å². The van der Waals surface area contributed by atoms with E-state index < -0.39 is 6.10 Å². The summed E-state index contributed by atoms with van der Waals surface area (Å²) in [6.45, 7) is 0.656. The molecule has 0 aliphatic carbocycles. The second-order valence-electron chi connectivity index (χ2n) is 3.91. The zero-order valence-corrected chi connectivity index (χ0v) is 8.59. The van der Waals surface area contributed by atoms with Crippen LogP contribution in [0, 0.1) is 11.3 Å². The Hall–Kier alpha value is -2.05. The van der Waals surface area contributed by atoms with Gasteiger partial charge in [-0.3, -0.25) is 0 Å². The topological polar surface area (TPSA) is 49.0 Å². The first kappa shape index (κ1) is 9.20. The van der Waals surface area contributed by atoms with Crippen molar-refractivity contribution >= 4 is 10.9 Å². The van der Waals surface area contributed by atoms with Gasteiger partial charge in [0.15, 0.2) is 0 Å². The molecule has 2 heterocycles. The molecule has 0 radical (unpaired) electrons. The highest BCUT2D eigenvalue weighted by molar-refractivity contribution is 5.82. The summed E-state index contributed by atoms with van der Waals surface area (Å²) in [5.74, 6) is 0. The summed E-state index contributed by atoms with van der Waals surface area (Å²) in [7, 11) is 0. The molecule has 1 N–H and O–H groups in total. The molecule has 1 aliphatic heterocycles. The molecule has 1 aliphatic rings. The number of rotatable bonds is 0. The zero-order valence-electron chi connectivity index (χ0n) is 8.59. The van der Waals surface area contributed by atoms with Crippen molar-refractivity contribution < 1.29 is 5.11 Å². The number of allylic oxidation sites excluding steroid dienone is 1.